The molecule has 2 N–H and O–H groups in total. The fourth-order valence-electron chi connectivity index (χ4n) is 2.99. The van der Waals surface area contributed by atoms with Gasteiger partial charge in [-0.3, -0.25) is 0 Å². The number of benzene rings is 1. The number of nitrogens with zero attached hydrogens (tertiary/aromatic N) is 1. The first kappa shape index (κ1) is 16.6. The number of ether oxygens (including phenoxy) is 1. The maximum absolute atomic E-state index is 11.9. The van der Waals surface area contributed by atoms with Crippen LogP contribution in [-0.2, 0) is 6.54 Å². The van der Waals surface area contributed by atoms with Gasteiger partial charge < -0.3 is 20.3 Å². The fraction of sp³-hybridized carbons (Fsp3) is 0.389. The number of nitrogens with one attached hydrogen (secondary N) is 2. The molecule has 1 aliphatic rings. The number of hydrogen-bond acceptors (Lipinski definition) is 4. The number of thiophene rings is 1. The van der Waals surface area contributed by atoms with Crippen molar-refractivity contribution in [3.8, 4) is 5.75 Å². The molecule has 1 aromatic carbocycles. The molecule has 2 aromatic rings. The average molecular weight is 345 g/mol. The van der Waals surface area contributed by atoms with Crippen LogP contribution in [0.3, 0.4) is 0 Å². The highest BCUT2D eigenvalue weighted by Gasteiger charge is 2.24. The summed E-state index contributed by atoms with van der Waals surface area (Å²) >= 11 is 1.65. The standard InChI is InChI=1S/C18H23N3O2S/c1-23-17-7-3-2-6-16(17)21-9-8-14(13-21)11-19-18(22)20-12-15-5-4-10-24-15/h2-7,10,14H,8-9,11-13H2,1H3,(H2,19,20,22). The molecular weight excluding hydrogens is 322 g/mol. The SMILES string of the molecule is COc1ccccc1N1CCC(CNC(=O)NCc2cccs2)C1. The second kappa shape index (κ2) is 8.06. The van der Waals surface area contributed by atoms with Crippen molar-refractivity contribution in [2.75, 3.05) is 31.6 Å². The molecule has 3 rings (SSSR count). The van der Waals surface area contributed by atoms with Crippen molar-refractivity contribution in [2.24, 2.45) is 5.92 Å². The molecule has 2 amide bonds. The van der Waals surface area contributed by atoms with E-state index < -0.39 is 0 Å². The van der Waals surface area contributed by atoms with E-state index in [9.17, 15) is 4.79 Å². The normalized spacial score (nSPS) is 16.9. The quantitative estimate of drug-likeness (QED) is 0.846. The van der Waals surface area contributed by atoms with Gasteiger partial charge in [0.2, 0.25) is 0 Å². The fourth-order valence-corrected chi connectivity index (χ4v) is 3.63. The monoisotopic (exact) mass is 345 g/mol. The van der Waals surface area contributed by atoms with Crippen LogP contribution in [0.25, 0.3) is 0 Å². The van der Waals surface area contributed by atoms with E-state index in [0.29, 0.717) is 19.0 Å². The summed E-state index contributed by atoms with van der Waals surface area (Å²) < 4.78 is 5.44. The Kier molecular flexibility index (Phi) is 5.59. The minimum atomic E-state index is -0.0980. The average Bonchev–Trinajstić information content (AvgIpc) is 3.29. The third kappa shape index (κ3) is 4.20. The Morgan fingerprint density at radius 1 is 1.29 bits per heavy atom. The van der Waals surface area contributed by atoms with Gasteiger partial charge in [0.1, 0.15) is 5.75 Å². The van der Waals surface area contributed by atoms with Crippen molar-refractivity contribution >= 4 is 23.1 Å². The summed E-state index contributed by atoms with van der Waals surface area (Å²) in [5, 5.41) is 7.90. The maximum Gasteiger partial charge on any atom is 0.315 e. The van der Waals surface area contributed by atoms with E-state index in [4.69, 9.17) is 4.74 Å². The van der Waals surface area contributed by atoms with E-state index in [0.717, 1.165) is 35.8 Å². The minimum Gasteiger partial charge on any atom is -0.495 e. The molecule has 1 fully saturated rings. The van der Waals surface area contributed by atoms with Gasteiger partial charge in [0.05, 0.1) is 19.3 Å². The van der Waals surface area contributed by atoms with Crippen molar-refractivity contribution in [3.63, 3.8) is 0 Å². The molecule has 0 saturated carbocycles. The first-order chi connectivity index (χ1) is 11.8. The van der Waals surface area contributed by atoms with Crippen LogP contribution in [0.15, 0.2) is 41.8 Å². The summed E-state index contributed by atoms with van der Waals surface area (Å²) in [5.74, 6) is 1.36. The van der Waals surface area contributed by atoms with Crippen LogP contribution in [0.4, 0.5) is 10.5 Å². The number of urea groups is 1. The molecule has 0 bridgehead atoms. The van der Waals surface area contributed by atoms with Gasteiger partial charge in [-0.1, -0.05) is 18.2 Å². The van der Waals surface area contributed by atoms with Gasteiger partial charge in [0.25, 0.3) is 0 Å². The Morgan fingerprint density at radius 3 is 2.96 bits per heavy atom. The summed E-state index contributed by atoms with van der Waals surface area (Å²) in [5.41, 5.74) is 1.13. The highest BCUT2D eigenvalue weighted by Crippen LogP contribution is 2.31. The van der Waals surface area contributed by atoms with Gasteiger partial charge in [-0.05, 0) is 35.9 Å². The number of hydrogen-bond donors (Lipinski definition) is 2. The zero-order valence-corrected chi connectivity index (χ0v) is 14.6. The first-order valence-electron chi connectivity index (χ1n) is 8.18. The van der Waals surface area contributed by atoms with E-state index in [2.05, 4.69) is 21.6 Å². The van der Waals surface area contributed by atoms with Gasteiger partial charge >= 0.3 is 6.03 Å². The van der Waals surface area contributed by atoms with Crippen LogP contribution in [0, 0.1) is 5.92 Å². The zero-order chi connectivity index (χ0) is 16.8. The van der Waals surface area contributed by atoms with Crippen LogP contribution in [0.2, 0.25) is 0 Å². The van der Waals surface area contributed by atoms with Gasteiger partial charge in [-0.2, -0.15) is 0 Å². The smallest absolute Gasteiger partial charge is 0.315 e. The Balaban J connectivity index is 1.43. The van der Waals surface area contributed by atoms with E-state index in [1.54, 1.807) is 18.4 Å². The van der Waals surface area contributed by atoms with Gasteiger partial charge in [0.15, 0.2) is 0 Å². The Labute approximate surface area is 146 Å². The van der Waals surface area contributed by atoms with Crippen LogP contribution in [0.5, 0.6) is 5.75 Å². The van der Waals surface area contributed by atoms with Crippen LogP contribution in [0.1, 0.15) is 11.3 Å². The summed E-state index contributed by atoms with van der Waals surface area (Å²) in [6.45, 7) is 3.21. The first-order valence-corrected chi connectivity index (χ1v) is 9.06. The molecule has 2 heterocycles. The topological polar surface area (TPSA) is 53.6 Å². The van der Waals surface area contributed by atoms with E-state index >= 15 is 0 Å². The van der Waals surface area contributed by atoms with Crippen molar-refractivity contribution in [2.45, 2.75) is 13.0 Å². The number of anilines is 1. The largest absolute Gasteiger partial charge is 0.495 e. The second-order valence-corrected chi connectivity index (χ2v) is 6.95. The lowest BCUT2D eigenvalue weighted by Crippen LogP contribution is -2.38. The number of carbonyl (C=O) groups excluding carboxylic acids is 1. The van der Waals surface area contributed by atoms with Crippen molar-refractivity contribution in [3.05, 3.63) is 46.7 Å². The molecule has 1 aliphatic heterocycles. The number of carbonyl (C=O) groups is 1. The van der Waals surface area contributed by atoms with Crippen LogP contribution >= 0.6 is 11.3 Å². The lowest BCUT2D eigenvalue weighted by molar-refractivity contribution is 0.239. The molecule has 1 saturated heterocycles. The van der Waals surface area contributed by atoms with E-state index in [1.165, 1.54) is 0 Å². The third-order valence-corrected chi connectivity index (χ3v) is 5.14. The van der Waals surface area contributed by atoms with E-state index in [-0.39, 0.29) is 6.03 Å². The zero-order valence-electron chi connectivity index (χ0n) is 13.8. The molecule has 128 valence electrons. The summed E-state index contributed by atoms with van der Waals surface area (Å²) in [7, 11) is 1.70. The summed E-state index contributed by atoms with van der Waals surface area (Å²) in [6, 6.07) is 12.0. The molecule has 1 aromatic heterocycles. The summed E-state index contributed by atoms with van der Waals surface area (Å²) in [6.07, 6.45) is 1.07. The minimum absolute atomic E-state index is 0.0980. The molecular formula is C18H23N3O2S. The molecule has 5 nitrogen and oxygen atoms in total. The number of amides is 2. The highest BCUT2D eigenvalue weighted by atomic mass is 32.1. The molecule has 24 heavy (non-hydrogen) atoms. The Bertz CT molecular complexity index is 660. The molecule has 0 spiro atoms. The lowest BCUT2D eigenvalue weighted by Gasteiger charge is -2.21. The highest BCUT2D eigenvalue weighted by molar-refractivity contribution is 7.09. The molecule has 0 radical (unpaired) electrons. The lowest BCUT2D eigenvalue weighted by atomic mass is 10.1. The number of rotatable bonds is 6. The molecule has 0 aliphatic carbocycles. The summed E-state index contributed by atoms with van der Waals surface area (Å²) in [4.78, 5) is 15.4. The van der Waals surface area contributed by atoms with Crippen molar-refractivity contribution in [1.82, 2.24) is 10.6 Å². The third-order valence-electron chi connectivity index (χ3n) is 4.27. The Morgan fingerprint density at radius 2 is 2.17 bits per heavy atom. The molecule has 6 heteroatoms. The number of methoxy groups -OCH3 is 1. The van der Waals surface area contributed by atoms with Gasteiger partial charge in [-0.25, -0.2) is 4.79 Å². The van der Waals surface area contributed by atoms with Crippen molar-refractivity contribution < 1.29 is 9.53 Å². The van der Waals surface area contributed by atoms with Gasteiger partial charge in [-0.15, -0.1) is 11.3 Å². The maximum atomic E-state index is 11.9. The Hall–Kier alpha value is -2.21. The van der Waals surface area contributed by atoms with Crippen molar-refractivity contribution in [1.29, 1.82) is 0 Å². The predicted molar refractivity (Wildman–Crippen MR) is 97.9 cm³/mol. The number of para-hydroxylation sites is 2. The molecule has 1 atom stereocenters. The molecule has 1 unspecified atom stereocenters. The predicted octanol–water partition coefficient (Wildman–Crippen LogP) is 3.08. The van der Waals surface area contributed by atoms with Crippen LogP contribution < -0.4 is 20.3 Å². The van der Waals surface area contributed by atoms with Gasteiger partial charge in [0, 0.05) is 24.5 Å². The van der Waals surface area contributed by atoms with Crippen LogP contribution in [-0.4, -0.2) is 32.8 Å². The van der Waals surface area contributed by atoms with E-state index in [1.807, 2.05) is 35.7 Å². The second-order valence-electron chi connectivity index (χ2n) is 5.92.